The quantitative estimate of drug-likeness (QED) is 0.597. The lowest BCUT2D eigenvalue weighted by atomic mass is 10.2. The minimum atomic E-state index is -1.53. The Bertz CT molecular complexity index is 476. The molecule has 0 aliphatic carbocycles. The summed E-state index contributed by atoms with van der Waals surface area (Å²) in [4.78, 5) is 32.1. The second-order valence-electron chi connectivity index (χ2n) is 3.72. The zero-order chi connectivity index (χ0) is 14.1. The molecule has 100 valence electrons. The normalized spacial score (nSPS) is 10.3. The van der Waals surface area contributed by atoms with Crippen LogP contribution in [-0.2, 0) is 19.1 Å². The first kappa shape index (κ1) is 14.6. The fourth-order valence-electron chi connectivity index (χ4n) is 1.28. The second-order valence-corrected chi connectivity index (χ2v) is 3.72. The van der Waals surface area contributed by atoms with Crippen LogP contribution in [0.3, 0.4) is 0 Å². The van der Waals surface area contributed by atoms with Gasteiger partial charge in [-0.25, -0.2) is 4.79 Å². The van der Waals surface area contributed by atoms with E-state index in [0.29, 0.717) is 0 Å². The molecular formula is C14H14O5. The molecule has 1 aromatic carbocycles. The maximum absolute atomic E-state index is 11.2. The van der Waals surface area contributed by atoms with Gasteiger partial charge in [0.25, 0.3) is 0 Å². The fraction of sp³-hybridized carbons (Fsp3) is 0.214. The monoisotopic (exact) mass is 262 g/mol. The molecule has 0 fully saturated rings. The van der Waals surface area contributed by atoms with Gasteiger partial charge in [-0.1, -0.05) is 36.4 Å². The van der Waals surface area contributed by atoms with Crippen LogP contribution in [-0.4, -0.2) is 29.4 Å². The summed E-state index contributed by atoms with van der Waals surface area (Å²) in [6.45, 7) is 0.0923. The number of hydrogen-bond acceptors (Lipinski definition) is 4. The SMILES string of the molecule is O=C(CCC(=O)C(=O)O)OCC=Cc1ccccc1. The largest absolute Gasteiger partial charge is 0.476 e. The predicted molar refractivity (Wildman–Crippen MR) is 68.3 cm³/mol. The highest BCUT2D eigenvalue weighted by Crippen LogP contribution is 2.01. The Morgan fingerprint density at radius 2 is 1.79 bits per heavy atom. The summed E-state index contributed by atoms with van der Waals surface area (Å²) in [7, 11) is 0. The van der Waals surface area contributed by atoms with Gasteiger partial charge in [0.15, 0.2) is 0 Å². The van der Waals surface area contributed by atoms with E-state index in [1.165, 1.54) is 0 Å². The van der Waals surface area contributed by atoms with Crippen molar-refractivity contribution in [2.24, 2.45) is 0 Å². The summed E-state index contributed by atoms with van der Waals surface area (Å²) in [5.41, 5.74) is 0.986. The van der Waals surface area contributed by atoms with Crippen molar-refractivity contribution in [2.75, 3.05) is 6.61 Å². The molecule has 0 spiro atoms. The number of carbonyl (C=O) groups is 3. The molecule has 0 heterocycles. The molecule has 1 rings (SSSR count). The molecule has 0 atom stereocenters. The van der Waals surface area contributed by atoms with Crippen molar-refractivity contribution in [2.45, 2.75) is 12.8 Å². The molecule has 5 heteroatoms. The Hall–Kier alpha value is -2.43. The first-order chi connectivity index (χ1) is 9.09. The van der Waals surface area contributed by atoms with Gasteiger partial charge in [0.2, 0.25) is 5.78 Å². The number of carboxylic acids is 1. The highest BCUT2D eigenvalue weighted by Gasteiger charge is 2.13. The lowest BCUT2D eigenvalue weighted by Crippen LogP contribution is -2.15. The summed E-state index contributed by atoms with van der Waals surface area (Å²) in [6.07, 6.45) is 2.92. The van der Waals surface area contributed by atoms with E-state index in [1.54, 1.807) is 12.2 Å². The van der Waals surface area contributed by atoms with Crippen molar-refractivity contribution in [1.29, 1.82) is 0 Å². The van der Waals surface area contributed by atoms with Gasteiger partial charge >= 0.3 is 11.9 Å². The first-order valence-electron chi connectivity index (χ1n) is 5.73. The minimum absolute atomic E-state index is 0.0923. The highest BCUT2D eigenvalue weighted by molar-refractivity contribution is 6.32. The molecule has 5 nitrogen and oxygen atoms in total. The van der Waals surface area contributed by atoms with Crippen molar-refractivity contribution < 1.29 is 24.2 Å². The predicted octanol–water partition coefficient (Wildman–Crippen LogP) is 1.68. The van der Waals surface area contributed by atoms with Gasteiger partial charge in [0.1, 0.15) is 6.61 Å². The van der Waals surface area contributed by atoms with Crippen LogP contribution in [0.2, 0.25) is 0 Å². The molecule has 0 saturated heterocycles. The topological polar surface area (TPSA) is 80.7 Å². The van der Waals surface area contributed by atoms with Crippen LogP contribution in [0, 0.1) is 0 Å². The van der Waals surface area contributed by atoms with Crippen molar-refractivity contribution in [3.05, 3.63) is 42.0 Å². The van der Waals surface area contributed by atoms with Gasteiger partial charge in [-0.15, -0.1) is 0 Å². The number of rotatable bonds is 7. The zero-order valence-electron chi connectivity index (χ0n) is 10.2. The molecule has 0 unspecified atom stereocenters. The first-order valence-corrected chi connectivity index (χ1v) is 5.73. The Morgan fingerprint density at radius 3 is 2.42 bits per heavy atom. The standard InChI is InChI=1S/C14H14O5/c15-12(14(17)18)8-9-13(16)19-10-4-7-11-5-2-1-3-6-11/h1-7H,8-10H2,(H,17,18). The van der Waals surface area contributed by atoms with Crippen molar-refractivity contribution in [3.8, 4) is 0 Å². The maximum Gasteiger partial charge on any atom is 0.372 e. The van der Waals surface area contributed by atoms with Crippen molar-refractivity contribution >= 4 is 23.8 Å². The average molecular weight is 262 g/mol. The van der Waals surface area contributed by atoms with Gasteiger partial charge in [-0.3, -0.25) is 9.59 Å². The molecule has 0 saturated carbocycles. The number of aliphatic carboxylic acids is 1. The third kappa shape index (κ3) is 6.16. The summed E-state index contributed by atoms with van der Waals surface area (Å²) >= 11 is 0. The zero-order valence-corrected chi connectivity index (χ0v) is 10.2. The molecule has 1 N–H and O–H groups in total. The van der Waals surface area contributed by atoms with Crippen LogP contribution in [0.15, 0.2) is 36.4 Å². The van der Waals surface area contributed by atoms with Crippen molar-refractivity contribution in [3.63, 3.8) is 0 Å². The molecule has 0 radical (unpaired) electrons. The van der Waals surface area contributed by atoms with Crippen LogP contribution in [0.4, 0.5) is 0 Å². The van der Waals surface area contributed by atoms with Gasteiger partial charge in [0.05, 0.1) is 6.42 Å². The van der Waals surface area contributed by atoms with Crippen LogP contribution in [0.1, 0.15) is 18.4 Å². The second kappa shape index (κ2) is 7.81. The Labute approximate surface area is 110 Å². The molecule has 0 bridgehead atoms. The van der Waals surface area contributed by atoms with Gasteiger partial charge in [-0.2, -0.15) is 0 Å². The fourth-order valence-corrected chi connectivity index (χ4v) is 1.28. The molecule has 0 aromatic heterocycles. The number of ketones is 1. The Balaban J connectivity index is 2.22. The molecule has 1 aromatic rings. The van der Waals surface area contributed by atoms with E-state index in [9.17, 15) is 14.4 Å². The molecule has 0 amide bonds. The number of carbonyl (C=O) groups excluding carboxylic acids is 2. The van der Waals surface area contributed by atoms with E-state index in [0.717, 1.165) is 5.56 Å². The number of hydrogen-bond donors (Lipinski definition) is 1. The third-order valence-corrected chi connectivity index (χ3v) is 2.25. The van der Waals surface area contributed by atoms with E-state index < -0.39 is 17.7 Å². The van der Waals surface area contributed by atoms with Gasteiger partial charge < -0.3 is 9.84 Å². The molecule has 19 heavy (non-hydrogen) atoms. The van der Waals surface area contributed by atoms with E-state index in [1.807, 2.05) is 30.3 Å². The number of Topliss-reactive ketones (excluding diaryl/α,β-unsaturated/α-hetero) is 1. The summed E-state index contributed by atoms with van der Waals surface area (Å²) in [5, 5.41) is 8.32. The maximum atomic E-state index is 11.2. The molecular weight excluding hydrogens is 248 g/mol. The number of benzene rings is 1. The summed E-state index contributed by atoms with van der Waals surface area (Å²) in [6, 6.07) is 9.50. The van der Waals surface area contributed by atoms with Crippen LogP contribution in [0.5, 0.6) is 0 Å². The van der Waals surface area contributed by atoms with E-state index >= 15 is 0 Å². The van der Waals surface area contributed by atoms with Crippen LogP contribution in [0.25, 0.3) is 6.08 Å². The lowest BCUT2D eigenvalue weighted by Gasteiger charge is -2.00. The van der Waals surface area contributed by atoms with E-state index in [4.69, 9.17) is 9.84 Å². The molecule has 0 aliphatic heterocycles. The summed E-state index contributed by atoms with van der Waals surface area (Å²) < 4.78 is 4.82. The number of carboxylic acid groups (broad SMARTS) is 1. The third-order valence-electron chi connectivity index (χ3n) is 2.25. The van der Waals surface area contributed by atoms with Crippen molar-refractivity contribution in [1.82, 2.24) is 0 Å². The Kier molecular flexibility index (Phi) is 6.02. The smallest absolute Gasteiger partial charge is 0.372 e. The summed E-state index contributed by atoms with van der Waals surface area (Å²) in [5.74, 6) is -3.11. The van der Waals surface area contributed by atoms with E-state index in [2.05, 4.69) is 0 Å². The Morgan fingerprint density at radius 1 is 1.11 bits per heavy atom. The van der Waals surface area contributed by atoms with Gasteiger partial charge in [-0.05, 0) is 11.6 Å². The van der Waals surface area contributed by atoms with E-state index in [-0.39, 0.29) is 19.4 Å². The highest BCUT2D eigenvalue weighted by atomic mass is 16.5. The van der Waals surface area contributed by atoms with Crippen LogP contribution >= 0.6 is 0 Å². The average Bonchev–Trinajstić information content (AvgIpc) is 2.42. The van der Waals surface area contributed by atoms with Gasteiger partial charge in [0, 0.05) is 6.42 Å². The lowest BCUT2D eigenvalue weighted by molar-refractivity contribution is -0.150. The number of ether oxygens (including phenoxy) is 1. The minimum Gasteiger partial charge on any atom is -0.476 e. The van der Waals surface area contributed by atoms with Crippen LogP contribution < -0.4 is 0 Å². The molecule has 0 aliphatic rings. The number of esters is 1.